The van der Waals surface area contributed by atoms with Crippen LogP contribution in [-0.4, -0.2) is 40.8 Å². The zero-order chi connectivity index (χ0) is 17.7. The van der Waals surface area contributed by atoms with Crippen molar-refractivity contribution < 1.29 is 32.6 Å². The van der Waals surface area contributed by atoms with E-state index in [9.17, 15) is 22.8 Å². The van der Waals surface area contributed by atoms with Crippen LogP contribution in [-0.2, 0) is 4.79 Å². The molecular weight excluding hydrogens is 329 g/mol. The van der Waals surface area contributed by atoms with E-state index in [1.54, 1.807) is 0 Å². The molecule has 1 aliphatic rings. The molecule has 0 atom stereocenters. The number of aromatic nitrogens is 1. The number of carboxylic acid groups (broad SMARTS) is 1. The molecule has 24 heavy (non-hydrogen) atoms. The lowest BCUT2D eigenvalue weighted by Gasteiger charge is -2.26. The summed E-state index contributed by atoms with van der Waals surface area (Å²) in [4.78, 5) is 26.6. The fraction of sp³-hybridized carbons (Fsp3) is 0.533. The highest BCUT2D eigenvalue weighted by atomic mass is 19.4. The molecule has 1 heterocycles. The first-order valence-corrected chi connectivity index (χ1v) is 7.44. The highest BCUT2D eigenvalue weighted by molar-refractivity contribution is 5.94. The zero-order valence-electron chi connectivity index (χ0n) is 12.7. The number of hydrogen-bond acceptors (Lipinski definition) is 4. The summed E-state index contributed by atoms with van der Waals surface area (Å²) in [5.41, 5.74) is 0.203. The normalized spacial score (nSPS) is 21.1. The van der Waals surface area contributed by atoms with Crippen molar-refractivity contribution in [2.45, 2.75) is 37.9 Å². The summed E-state index contributed by atoms with van der Waals surface area (Å²) in [6.07, 6.45) is -1.16. The van der Waals surface area contributed by atoms with Crippen LogP contribution in [0.15, 0.2) is 18.3 Å². The molecule has 0 bridgehead atoms. The first kappa shape index (κ1) is 18.0. The van der Waals surface area contributed by atoms with E-state index in [2.05, 4.69) is 15.0 Å². The minimum Gasteiger partial charge on any atom is -0.481 e. The Morgan fingerprint density at radius 2 is 1.92 bits per heavy atom. The van der Waals surface area contributed by atoms with E-state index in [4.69, 9.17) is 5.11 Å². The number of aliphatic carboxylic acids is 1. The number of hydrogen-bond donors (Lipinski definition) is 2. The van der Waals surface area contributed by atoms with Crippen molar-refractivity contribution in [3.05, 3.63) is 23.9 Å². The number of nitrogens with zero attached hydrogens (tertiary/aromatic N) is 1. The number of nitrogens with one attached hydrogen (secondary N) is 1. The molecule has 1 saturated carbocycles. The molecule has 132 valence electrons. The lowest BCUT2D eigenvalue weighted by molar-refractivity contribution is -0.154. The Labute approximate surface area is 136 Å². The minimum atomic E-state index is -4.45. The second-order valence-corrected chi connectivity index (χ2v) is 5.65. The van der Waals surface area contributed by atoms with Gasteiger partial charge in [-0.1, -0.05) is 0 Å². The van der Waals surface area contributed by atoms with Crippen LogP contribution in [0.25, 0.3) is 0 Å². The lowest BCUT2D eigenvalue weighted by Crippen LogP contribution is -2.38. The monoisotopic (exact) mass is 346 g/mol. The summed E-state index contributed by atoms with van der Waals surface area (Å²) in [6.45, 7) is -1.45. The molecule has 1 aliphatic carbocycles. The largest absolute Gasteiger partial charge is 0.481 e. The average Bonchev–Trinajstić information content (AvgIpc) is 2.53. The van der Waals surface area contributed by atoms with Gasteiger partial charge in [0, 0.05) is 18.3 Å². The Morgan fingerprint density at radius 1 is 1.25 bits per heavy atom. The standard InChI is InChI=1S/C15H17F3N2O4/c16-15(17,18)8-24-12-6-3-10(7-19-12)13(21)20-11-4-1-9(2-5-11)14(22)23/h3,6-7,9,11H,1-2,4-5,8H2,(H,20,21)(H,22,23). The van der Waals surface area contributed by atoms with Crippen LogP contribution in [0.3, 0.4) is 0 Å². The van der Waals surface area contributed by atoms with Crippen molar-refractivity contribution in [2.24, 2.45) is 5.92 Å². The van der Waals surface area contributed by atoms with Crippen LogP contribution in [0.2, 0.25) is 0 Å². The second-order valence-electron chi connectivity index (χ2n) is 5.65. The number of ether oxygens (including phenoxy) is 1. The van der Waals surface area contributed by atoms with E-state index in [0.29, 0.717) is 25.7 Å². The van der Waals surface area contributed by atoms with Crippen molar-refractivity contribution in [1.29, 1.82) is 0 Å². The predicted molar refractivity (Wildman–Crippen MR) is 76.6 cm³/mol. The molecule has 0 aromatic carbocycles. The van der Waals surface area contributed by atoms with Gasteiger partial charge in [-0.3, -0.25) is 9.59 Å². The number of carbonyl (C=O) groups is 2. The second kappa shape index (κ2) is 7.50. The lowest BCUT2D eigenvalue weighted by atomic mass is 9.86. The smallest absolute Gasteiger partial charge is 0.422 e. The molecule has 1 aromatic rings. The van der Waals surface area contributed by atoms with Crippen LogP contribution in [0, 0.1) is 5.92 Å². The van der Waals surface area contributed by atoms with Crippen LogP contribution in [0.5, 0.6) is 5.88 Å². The van der Waals surface area contributed by atoms with Gasteiger partial charge in [-0.15, -0.1) is 0 Å². The summed E-state index contributed by atoms with van der Waals surface area (Å²) in [7, 11) is 0. The molecule has 0 aliphatic heterocycles. The Bertz CT molecular complexity index is 581. The molecule has 0 spiro atoms. The molecule has 0 saturated heterocycles. The maximum Gasteiger partial charge on any atom is 0.422 e. The third-order valence-corrected chi connectivity index (χ3v) is 3.79. The minimum absolute atomic E-state index is 0.116. The van der Waals surface area contributed by atoms with Gasteiger partial charge < -0.3 is 15.2 Å². The number of rotatable bonds is 5. The molecule has 2 N–H and O–H groups in total. The number of alkyl halides is 3. The maximum absolute atomic E-state index is 12.1. The first-order chi connectivity index (χ1) is 11.2. The topological polar surface area (TPSA) is 88.5 Å². The van der Waals surface area contributed by atoms with Crippen molar-refractivity contribution >= 4 is 11.9 Å². The van der Waals surface area contributed by atoms with Crippen molar-refractivity contribution in [2.75, 3.05) is 6.61 Å². The van der Waals surface area contributed by atoms with Gasteiger partial charge in [0.1, 0.15) is 0 Å². The molecule has 1 fully saturated rings. The maximum atomic E-state index is 12.1. The highest BCUT2D eigenvalue weighted by Crippen LogP contribution is 2.24. The molecule has 9 heteroatoms. The molecule has 1 amide bonds. The quantitative estimate of drug-likeness (QED) is 0.855. The third kappa shape index (κ3) is 5.39. The van der Waals surface area contributed by atoms with Gasteiger partial charge in [0.2, 0.25) is 5.88 Å². The Balaban J connectivity index is 1.84. The molecule has 6 nitrogen and oxygen atoms in total. The van der Waals surface area contributed by atoms with Gasteiger partial charge in [0.05, 0.1) is 11.5 Å². The van der Waals surface area contributed by atoms with Gasteiger partial charge >= 0.3 is 12.1 Å². The summed E-state index contributed by atoms with van der Waals surface area (Å²) in [6, 6.07) is 2.41. The number of carboxylic acids is 1. The van der Waals surface area contributed by atoms with E-state index >= 15 is 0 Å². The van der Waals surface area contributed by atoms with Gasteiger partial charge in [-0.2, -0.15) is 13.2 Å². The summed E-state index contributed by atoms with van der Waals surface area (Å²) in [5.74, 6) is -1.81. The van der Waals surface area contributed by atoms with Crippen molar-refractivity contribution in [3.8, 4) is 5.88 Å². The van der Waals surface area contributed by atoms with Gasteiger partial charge in [-0.25, -0.2) is 4.98 Å². The zero-order valence-corrected chi connectivity index (χ0v) is 12.7. The first-order valence-electron chi connectivity index (χ1n) is 7.44. The predicted octanol–water partition coefficient (Wildman–Crippen LogP) is 2.40. The van der Waals surface area contributed by atoms with E-state index in [1.807, 2.05) is 0 Å². The molecule has 0 unspecified atom stereocenters. The van der Waals surface area contributed by atoms with Crippen molar-refractivity contribution in [1.82, 2.24) is 10.3 Å². The third-order valence-electron chi connectivity index (χ3n) is 3.79. The van der Waals surface area contributed by atoms with Crippen molar-refractivity contribution in [3.63, 3.8) is 0 Å². The number of halogens is 3. The van der Waals surface area contributed by atoms with E-state index in [1.165, 1.54) is 12.1 Å². The average molecular weight is 346 g/mol. The van der Waals surface area contributed by atoms with Crippen LogP contribution >= 0.6 is 0 Å². The summed E-state index contributed by atoms with van der Waals surface area (Å²) < 4.78 is 40.6. The summed E-state index contributed by atoms with van der Waals surface area (Å²) in [5, 5.41) is 11.7. The molecule has 1 aromatic heterocycles. The van der Waals surface area contributed by atoms with Crippen LogP contribution < -0.4 is 10.1 Å². The summed E-state index contributed by atoms with van der Waals surface area (Å²) >= 11 is 0. The molecular formula is C15H17F3N2O4. The number of amides is 1. The van der Waals surface area contributed by atoms with E-state index < -0.39 is 24.7 Å². The Kier molecular flexibility index (Phi) is 5.63. The molecule has 0 radical (unpaired) electrons. The Hall–Kier alpha value is -2.32. The van der Waals surface area contributed by atoms with Gasteiger partial charge in [-0.05, 0) is 31.7 Å². The van der Waals surface area contributed by atoms with Gasteiger partial charge in [0.25, 0.3) is 5.91 Å². The highest BCUT2D eigenvalue weighted by Gasteiger charge is 2.29. The van der Waals surface area contributed by atoms with E-state index in [0.717, 1.165) is 6.20 Å². The Morgan fingerprint density at radius 3 is 2.42 bits per heavy atom. The van der Waals surface area contributed by atoms with Crippen LogP contribution in [0.4, 0.5) is 13.2 Å². The fourth-order valence-electron chi connectivity index (χ4n) is 2.51. The fourth-order valence-corrected chi connectivity index (χ4v) is 2.51. The number of carbonyl (C=O) groups excluding carboxylic acids is 1. The number of pyridine rings is 1. The van der Waals surface area contributed by atoms with Gasteiger partial charge in [0.15, 0.2) is 6.61 Å². The SMILES string of the molecule is O=C(NC1CCC(C(=O)O)CC1)c1ccc(OCC(F)(F)F)nc1. The van der Waals surface area contributed by atoms with Crippen LogP contribution in [0.1, 0.15) is 36.0 Å². The molecule has 2 rings (SSSR count). The van der Waals surface area contributed by atoms with E-state index in [-0.39, 0.29) is 23.4 Å².